The van der Waals surface area contributed by atoms with Crippen molar-refractivity contribution in [3.05, 3.63) is 48.7 Å². The maximum atomic E-state index is 5.79. The molecular weight excluding hydrogens is 284 g/mol. The van der Waals surface area contributed by atoms with E-state index in [1.54, 1.807) is 0 Å². The van der Waals surface area contributed by atoms with Crippen LogP contribution in [0.2, 0.25) is 0 Å². The van der Waals surface area contributed by atoms with Crippen molar-refractivity contribution < 1.29 is 0 Å². The van der Waals surface area contributed by atoms with Crippen molar-refractivity contribution in [2.45, 2.75) is 10.2 Å². The lowest BCUT2D eigenvalue weighted by atomic mass is 10.2. The van der Waals surface area contributed by atoms with Gasteiger partial charge < -0.3 is 5.73 Å². The van der Waals surface area contributed by atoms with Crippen molar-refractivity contribution in [3.63, 3.8) is 0 Å². The minimum absolute atomic E-state index is 0.255. The van der Waals surface area contributed by atoms with E-state index in [0.29, 0.717) is 0 Å². The van der Waals surface area contributed by atoms with Crippen LogP contribution >= 0.6 is 11.8 Å². The van der Waals surface area contributed by atoms with Crippen molar-refractivity contribution in [3.8, 4) is 0 Å². The molecule has 0 aliphatic rings. The Morgan fingerprint density at radius 3 is 2.76 bits per heavy atom. The van der Waals surface area contributed by atoms with E-state index in [1.165, 1.54) is 11.8 Å². The van der Waals surface area contributed by atoms with E-state index >= 15 is 0 Å². The summed E-state index contributed by atoms with van der Waals surface area (Å²) in [5.41, 5.74) is 7.41. The van der Waals surface area contributed by atoms with Crippen LogP contribution in [-0.2, 0) is 0 Å². The van der Waals surface area contributed by atoms with Crippen LogP contribution in [0.5, 0.6) is 0 Å². The topological polar surface area (TPSA) is 82.0 Å². The summed E-state index contributed by atoms with van der Waals surface area (Å²) in [4.78, 5) is 8.57. The van der Waals surface area contributed by atoms with Crippen LogP contribution in [0.25, 0.3) is 16.6 Å². The first-order valence-electron chi connectivity index (χ1n) is 6.31. The van der Waals surface area contributed by atoms with Gasteiger partial charge >= 0.3 is 0 Å². The Balaban J connectivity index is 1.87. The number of pyridine rings is 1. The number of rotatable bonds is 2. The van der Waals surface area contributed by atoms with Gasteiger partial charge in [-0.3, -0.25) is 4.40 Å². The molecule has 4 rings (SSSR count). The average molecular weight is 294 g/mol. The molecule has 1 aromatic carbocycles. The highest BCUT2D eigenvalue weighted by Crippen LogP contribution is 2.30. The number of nitrogens with zero attached hydrogens (tertiary/aromatic N) is 5. The van der Waals surface area contributed by atoms with Crippen LogP contribution in [-0.4, -0.2) is 24.6 Å². The van der Waals surface area contributed by atoms with Crippen LogP contribution in [0, 0.1) is 0 Å². The molecule has 0 aliphatic heterocycles. The number of hydrogen-bond donors (Lipinski definition) is 1. The fraction of sp³-hybridized carbons (Fsp3) is 0. The maximum Gasteiger partial charge on any atom is 0.221 e. The largest absolute Gasteiger partial charge is 0.368 e. The van der Waals surface area contributed by atoms with E-state index in [-0.39, 0.29) is 5.95 Å². The zero-order valence-corrected chi connectivity index (χ0v) is 11.7. The van der Waals surface area contributed by atoms with Crippen LogP contribution in [0.1, 0.15) is 0 Å². The maximum absolute atomic E-state index is 5.79. The molecule has 3 aromatic heterocycles. The van der Waals surface area contributed by atoms with Crippen molar-refractivity contribution in [2.75, 3.05) is 5.73 Å². The molecule has 102 valence electrons. The second-order valence-corrected chi connectivity index (χ2v) is 5.37. The lowest BCUT2D eigenvalue weighted by Crippen LogP contribution is -1.97. The number of nitrogens with two attached hydrogens (primary N) is 1. The van der Waals surface area contributed by atoms with Gasteiger partial charge in [0, 0.05) is 11.6 Å². The first-order valence-corrected chi connectivity index (χ1v) is 7.13. The van der Waals surface area contributed by atoms with Gasteiger partial charge in [-0.2, -0.15) is 0 Å². The molecule has 0 bridgehead atoms. The second-order valence-electron chi connectivity index (χ2n) is 4.42. The van der Waals surface area contributed by atoms with E-state index in [4.69, 9.17) is 5.73 Å². The van der Waals surface area contributed by atoms with Crippen molar-refractivity contribution >= 4 is 34.3 Å². The lowest BCUT2D eigenvalue weighted by molar-refractivity contribution is 0.918. The summed E-state index contributed by atoms with van der Waals surface area (Å²) in [6.07, 6.45) is 1.92. The molecule has 0 saturated carbocycles. The second kappa shape index (κ2) is 4.71. The molecule has 0 fully saturated rings. The number of aromatic nitrogens is 5. The molecule has 0 saturated heterocycles. The minimum atomic E-state index is 0.255. The Hall–Kier alpha value is -2.67. The average Bonchev–Trinajstić information content (AvgIpc) is 2.90. The quantitative estimate of drug-likeness (QED) is 0.572. The van der Waals surface area contributed by atoms with Gasteiger partial charge in [0.05, 0.1) is 5.52 Å². The van der Waals surface area contributed by atoms with Gasteiger partial charge in [0.25, 0.3) is 0 Å². The highest BCUT2D eigenvalue weighted by molar-refractivity contribution is 7.99. The molecule has 21 heavy (non-hydrogen) atoms. The summed E-state index contributed by atoms with van der Waals surface area (Å²) in [6, 6.07) is 13.5. The fourth-order valence-corrected chi connectivity index (χ4v) is 3.05. The van der Waals surface area contributed by atoms with Gasteiger partial charge in [-0.15, -0.1) is 10.2 Å². The van der Waals surface area contributed by atoms with Crippen LogP contribution in [0.3, 0.4) is 0 Å². The zero-order chi connectivity index (χ0) is 14.2. The Morgan fingerprint density at radius 1 is 0.952 bits per heavy atom. The number of hydrogen-bond acceptors (Lipinski definition) is 6. The van der Waals surface area contributed by atoms with Gasteiger partial charge in [0.1, 0.15) is 5.03 Å². The van der Waals surface area contributed by atoms with Gasteiger partial charge in [-0.05, 0) is 30.0 Å². The predicted molar refractivity (Wildman–Crippen MR) is 81.1 cm³/mol. The van der Waals surface area contributed by atoms with E-state index in [9.17, 15) is 0 Å². The molecule has 0 radical (unpaired) electrons. The smallest absolute Gasteiger partial charge is 0.221 e. The first-order chi connectivity index (χ1) is 10.3. The molecule has 0 spiro atoms. The predicted octanol–water partition coefficient (Wildman–Crippen LogP) is 2.41. The highest BCUT2D eigenvalue weighted by atomic mass is 32.2. The Morgan fingerprint density at radius 2 is 1.81 bits per heavy atom. The third-order valence-electron chi connectivity index (χ3n) is 3.06. The summed E-state index contributed by atoms with van der Waals surface area (Å²) in [6.45, 7) is 0. The van der Waals surface area contributed by atoms with Crippen molar-refractivity contribution in [1.82, 2.24) is 24.6 Å². The van der Waals surface area contributed by atoms with Crippen LogP contribution in [0.15, 0.2) is 58.8 Å². The third-order valence-corrected chi connectivity index (χ3v) is 4.02. The summed E-state index contributed by atoms with van der Waals surface area (Å²) in [7, 11) is 0. The number of benzene rings is 1. The standard InChI is InChI=1S/C14H10N6S/c15-13-16-10-6-2-1-5-9(10)12(17-13)21-14-19-18-11-7-3-4-8-20(11)14/h1-8H,(H2,15,16,17). The number of fused-ring (bicyclic) bond motifs is 2. The van der Waals surface area contributed by atoms with Gasteiger partial charge in [-0.1, -0.05) is 24.3 Å². The monoisotopic (exact) mass is 294 g/mol. The molecule has 6 nitrogen and oxygen atoms in total. The van der Waals surface area contributed by atoms with Gasteiger partial charge in [0.15, 0.2) is 5.65 Å². The molecule has 0 atom stereocenters. The number of nitrogen functional groups attached to an aromatic ring is 1. The molecule has 4 aromatic rings. The van der Waals surface area contributed by atoms with E-state index in [2.05, 4.69) is 20.2 Å². The van der Waals surface area contributed by atoms with E-state index < -0.39 is 0 Å². The normalized spacial score (nSPS) is 11.2. The molecule has 3 heterocycles. The van der Waals surface area contributed by atoms with Crippen molar-refractivity contribution in [2.24, 2.45) is 0 Å². The van der Waals surface area contributed by atoms with Crippen LogP contribution in [0.4, 0.5) is 5.95 Å². The molecule has 0 amide bonds. The molecular formula is C14H10N6S. The summed E-state index contributed by atoms with van der Waals surface area (Å²) < 4.78 is 1.91. The van der Waals surface area contributed by atoms with Crippen molar-refractivity contribution in [1.29, 1.82) is 0 Å². The van der Waals surface area contributed by atoms with E-state index in [0.717, 1.165) is 26.7 Å². The first kappa shape index (κ1) is 12.1. The third kappa shape index (κ3) is 2.07. The Bertz CT molecular complexity index is 948. The fourth-order valence-electron chi connectivity index (χ4n) is 2.12. The summed E-state index contributed by atoms with van der Waals surface area (Å²) in [5.74, 6) is 0.255. The Labute approximate surface area is 124 Å². The number of anilines is 1. The molecule has 2 N–H and O–H groups in total. The summed E-state index contributed by atoms with van der Waals surface area (Å²) in [5, 5.41) is 10.8. The van der Waals surface area contributed by atoms with Gasteiger partial charge in [0.2, 0.25) is 11.1 Å². The SMILES string of the molecule is Nc1nc(Sc2nnc3ccccn23)c2ccccc2n1. The van der Waals surface area contributed by atoms with E-state index in [1.807, 2.05) is 53.1 Å². The van der Waals surface area contributed by atoms with Crippen LogP contribution < -0.4 is 5.73 Å². The highest BCUT2D eigenvalue weighted by Gasteiger charge is 2.12. The zero-order valence-electron chi connectivity index (χ0n) is 10.8. The Kier molecular flexibility index (Phi) is 2.71. The summed E-state index contributed by atoms with van der Waals surface area (Å²) >= 11 is 1.43. The lowest BCUT2D eigenvalue weighted by Gasteiger charge is -2.05. The molecule has 7 heteroatoms. The number of para-hydroxylation sites is 1. The molecule has 0 unspecified atom stereocenters. The van der Waals surface area contributed by atoms with Gasteiger partial charge in [-0.25, -0.2) is 9.97 Å². The molecule has 0 aliphatic carbocycles. The minimum Gasteiger partial charge on any atom is -0.368 e.